The van der Waals surface area contributed by atoms with E-state index in [4.69, 9.17) is 9.15 Å². The van der Waals surface area contributed by atoms with E-state index < -0.39 is 17.9 Å². The van der Waals surface area contributed by atoms with Gasteiger partial charge in [0.15, 0.2) is 5.76 Å². The zero-order valence-electron chi connectivity index (χ0n) is 11.6. The van der Waals surface area contributed by atoms with Gasteiger partial charge in [-0.3, -0.25) is 4.79 Å². The standard InChI is InChI=1S/C13H19NO5/c1-8(2)11(13(16)18-4)14-12(15)10-6-5-9(19-10)7-17-3/h5-6,8,11H,7H2,1-4H3,(H,14,15). The number of methoxy groups -OCH3 is 2. The molecule has 0 fully saturated rings. The van der Waals surface area contributed by atoms with Crippen molar-refractivity contribution in [1.82, 2.24) is 5.32 Å². The van der Waals surface area contributed by atoms with Crippen molar-refractivity contribution < 1.29 is 23.5 Å². The number of nitrogens with one attached hydrogen (secondary N) is 1. The van der Waals surface area contributed by atoms with Crippen LogP contribution in [0.15, 0.2) is 16.5 Å². The fourth-order valence-electron chi connectivity index (χ4n) is 1.56. The van der Waals surface area contributed by atoms with E-state index >= 15 is 0 Å². The number of hydrogen-bond acceptors (Lipinski definition) is 5. The average molecular weight is 269 g/mol. The zero-order valence-corrected chi connectivity index (χ0v) is 11.6. The van der Waals surface area contributed by atoms with Gasteiger partial charge >= 0.3 is 5.97 Å². The Labute approximate surface area is 112 Å². The Balaban J connectivity index is 2.73. The molecule has 1 heterocycles. The van der Waals surface area contributed by atoms with Crippen LogP contribution in [0.2, 0.25) is 0 Å². The second-order valence-corrected chi connectivity index (χ2v) is 4.42. The molecule has 1 N–H and O–H groups in total. The van der Waals surface area contributed by atoms with Crippen LogP contribution in [0, 0.1) is 5.92 Å². The third-order valence-corrected chi connectivity index (χ3v) is 2.58. The molecule has 0 aromatic carbocycles. The van der Waals surface area contributed by atoms with Crippen molar-refractivity contribution in [3.63, 3.8) is 0 Å². The highest BCUT2D eigenvalue weighted by molar-refractivity contribution is 5.94. The molecule has 6 nitrogen and oxygen atoms in total. The Bertz CT molecular complexity index is 438. The maximum Gasteiger partial charge on any atom is 0.328 e. The van der Waals surface area contributed by atoms with Gasteiger partial charge in [-0.15, -0.1) is 0 Å². The molecule has 1 rings (SSSR count). The van der Waals surface area contributed by atoms with Crippen LogP contribution in [0.4, 0.5) is 0 Å². The molecule has 19 heavy (non-hydrogen) atoms. The summed E-state index contributed by atoms with van der Waals surface area (Å²) in [4.78, 5) is 23.5. The van der Waals surface area contributed by atoms with Gasteiger partial charge in [0.2, 0.25) is 0 Å². The minimum absolute atomic E-state index is 0.0789. The summed E-state index contributed by atoms with van der Waals surface area (Å²) in [5, 5.41) is 2.59. The number of rotatable bonds is 6. The average Bonchev–Trinajstić information content (AvgIpc) is 2.83. The molecule has 106 valence electrons. The van der Waals surface area contributed by atoms with Gasteiger partial charge in [0.05, 0.1) is 7.11 Å². The van der Waals surface area contributed by atoms with Crippen LogP contribution < -0.4 is 5.32 Å². The third-order valence-electron chi connectivity index (χ3n) is 2.58. The van der Waals surface area contributed by atoms with E-state index in [0.717, 1.165) is 0 Å². The highest BCUT2D eigenvalue weighted by Gasteiger charge is 2.26. The van der Waals surface area contributed by atoms with Crippen LogP contribution in [-0.2, 0) is 20.9 Å². The Morgan fingerprint density at radius 1 is 1.32 bits per heavy atom. The van der Waals surface area contributed by atoms with E-state index in [1.165, 1.54) is 14.2 Å². The molecular formula is C13H19NO5. The van der Waals surface area contributed by atoms with Gasteiger partial charge in [-0.1, -0.05) is 13.8 Å². The van der Waals surface area contributed by atoms with Crippen molar-refractivity contribution in [2.45, 2.75) is 26.5 Å². The minimum atomic E-state index is -0.700. The molecule has 0 spiro atoms. The lowest BCUT2D eigenvalue weighted by Crippen LogP contribution is -2.44. The van der Waals surface area contributed by atoms with Gasteiger partial charge in [-0.05, 0) is 18.1 Å². The minimum Gasteiger partial charge on any atom is -0.467 e. The molecule has 1 aromatic rings. The highest BCUT2D eigenvalue weighted by Crippen LogP contribution is 2.11. The van der Waals surface area contributed by atoms with E-state index in [-0.39, 0.29) is 18.3 Å². The quantitative estimate of drug-likeness (QED) is 0.789. The van der Waals surface area contributed by atoms with Gasteiger partial charge < -0.3 is 19.2 Å². The SMILES string of the molecule is COCc1ccc(C(=O)NC(C(=O)OC)C(C)C)o1. The molecule has 6 heteroatoms. The van der Waals surface area contributed by atoms with Gasteiger partial charge in [0.25, 0.3) is 5.91 Å². The van der Waals surface area contributed by atoms with E-state index in [2.05, 4.69) is 10.1 Å². The monoisotopic (exact) mass is 269 g/mol. The number of ether oxygens (including phenoxy) is 2. The van der Waals surface area contributed by atoms with Gasteiger partial charge in [0.1, 0.15) is 18.4 Å². The van der Waals surface area contributed by atoms with Crippen molar-refractivity contribution in [2.75, 3.05) is 14.2 Å². The molecule has 1 amide bonds. The normalized spacial score (nSPS) is 12.3. The largest absolute Gasteiger partial charge is 0.467 e. The molecule has 0 saturated carbocycles. The number of carbonyl (C=O) groups is 2. The van der Waals surface area contributed by atoms with Crippen LogP contribution in [0.25, 0.3) is 0 Å². The van der Waals surface area contributed by atoms with Crippen LogP contribution in [-0.4, -0.2) is 32.1 Å². The second kappa shape index (κ2) is 6.94. The van der Waals surface area contributed by atoms with Gasteiger partial charge in [-0.2, -0.15) is 0 Å². The predicted octanol–water partition coefficient (Wildman–Crippen LogP) is 1.35. The first-order valence-corrected chi connectivity index (χ1v) is 5.96. The summed E-state index contributed by atoms with van der Waals surface area (Å²) in [5.41, 5.74) is 0. The third kappa shape index (κ3) is 4.10. The molecule has 0 aliphatic rings. The van der Waals surface area contributed by atoms with Crippen LogP contribution >= 0.6 is 0 Å². The first kappa shape index (κ1) is 15.2. The number of carbonyl (C=O) groups excluding carboxylic acids is 2. The molecular weight excluding hydrogens is 250 g/mol. The van der Waals surface area contributed by atoms with Crippen LogP contribution in [0.3, 0.4) is 0 Å². The maximum atomic E-state index is 11.9. The fourth-order valence-corrected chi connectivity index (χ4v) is 1.56. The molecule has 0 bridgehead atoms. The summed E-state index contributed by atoms with van der Waals surface area (Å²) in [6.45, 7) is 3.93. The first-order chi connectivity index (χ1) is 8.99. The summed E-state index contributed by atoms with van der Waals surface area (Å²) in [6, 6.07) is 2.49. The Morgan fingerprint density at radius 2 is 2.00 bits per heavy atom. The van der Waals surface area contributed by atoms with Crippen molar-refractivity contribution in [2.24, 2.45) is 5.92 Å². The molecule has 0 radical (unpaired) electrons. The molecule has 1 atom stereocenters. The second-order valence-electron chi connectivity index (χ2n) is 4.42. The molecule has 0 aliphatic carbocycles. The predicted molar refractivity (Wildman–Crippen MR) is 67.5 cm³/mol. The Hall–Kier alpha value is -1.82. The van der Waals surface area contributed by atoms with Gasteiger partial charge in [-0.25, -0.2) is 4.79 Å². The molecule has 1 aromatic heterocycles. The van der Waals surface area contributed by atoms with Crippen molar-refractivity contribution in [3.8, 4) is 0 Å². The van der Waals surface area contributed by atoms with E-state index in [1.807, 2.05) is 13.8 Å². The molecule has 1 unspecified atom stereocenters. The highest BCUT2D eigenvalue weighted by atomic mass is 16.5. The number of amides is 1. The smallest absolute Gasteiger partial charge is 0.328 e. The number of furan rings is 1. The Kier molecular flexibility index (Phi) is 5.57. The van der Waals surface area contributed by atoms with E-state index in [0.29, 0.717) is 5.76 Å². The Morgan fingerprint density at radius 3 is 2.53 bits per heavy atom. The number of hydrogen-bond donors (Lipinski definition) is 1. The maximum absolute atomic E-state index is 11.9. The summed E-state index contributed by atoms with van der Waals surface area (Å²) in [7, 11) is 2.82. The lowest BCUT2D eigenvalue weighted by molar-refractivity contribution is -0.144. The summed E-state index contributed by atoms with van der Waals surface area (Å²) < 4.78 is 14.8. The lowest BCUT2D eigenvalue weighted by atomic mass is 10.0. The summed E-state index contributed by atoms with van der Waals surface area (Å²) in [6.07, 6.45) is 0. The van der Waals surface area contributed by atoms with Crippen molar-refractivity contribution >= 4 is 11.9 Å². The summed E-state index contributed by atoms with van der Waals surface area (Å²) in [5.74, 6) is -0.322. The summed E-state index contributed by atoms with van der Waals surface area (Å²) >= 11 is 0. The molecule has 0 saturated heterocycles. The van der Waals surface area contributed by atoms with Gasteiger partial charge in [0, 0.05) is 7.11 Å². The lowest BCUT2D eigenvalue weighted by Gasteiger charge is -2.18. The topological polar surface area (TPSA) is 77.8 Å². The fraction of sp³-hybridized carbons (Fsp3) is 0.538. The van der Waals surface area contributed by atoms with E-state index in [9.17, 15) is 9.59 Å². The first-order valence-electron chi connectivity index (χ1n) is 5.96. The molecule has 0 aliphatic heterocycles. The van der Waals surface area contributed by atoms with Crippen molar-refractivity contribution in [3.05, 3.63) is 23.7 Å². The van der Waals surface area contributed by atoms with E-state index in [1.54, 1.807) is 12.1 Å². The van der Waals surface area contributed by atoms with Crippen LogP contribution in [0.1, 0.15) is 30.2 Å². The van der Waals surface area contributed by atoms with Crippen LogP contribution in [0.5, 0.6) is 0 Å². The zero-order chi connectivity index (χ0) is 14.4. The van der Waals surface area contributed by atoms with Crippen molar-refractivity contribution in [1.29, 1.82) is 0 Å². The number of esters is 1.